The first-order valence-corrected chi connectivity index (χ1v) is 8.78. The number of likely N-dealkylation sites (N-methyl/N-ethyl adjacent to an activating group) is 1. The van der Waals surface area contributed by atoms with E-state index in [1.807, 2.05) is 6.07 Å². The first kappa shape index (κ1) is 19.2. The quantitative estimate of drug-likeness (QED) is 0.814. The molecule has 0 spiro atoms. The van der Waals surface area contributed by atoms with Gasteiger partial charge in [0.05, 0.1) is 22.3 Å². The lowest BCUT2D eigenvalue weighted by Gasteiger charge is -2.28. The number of pyridine rings is 1. The summed E-state index contributed by atoms with van der Waals surface area (Å²) in [6.07, 6.45) is 0. The largest absolute Gasteiger partial charge is 0.364 e. The lowest BCUT2D eigenvalue weighted by molar-refractivity contribution is -0.114. The van der Waals surface area contributed by atoms with E-state index >= 15 is 0 Å². The SMILES string of the molecule is CNC(=O)c1ccccc1-c1ccc(Cl)c(N2C(C(N)=O)=C(Cl)CN2C)n1. The molecule has 3 N–H and O–H groups in total. The summed E-state index contributed by atoms with van der Waals surface area (Å²) < 4.78 is 0. The maximum Gasteiger partial charge on any atom is 0.268 e. The van der Waals surface area contributed by atoms with Crippen molar-refractivity contribution in [3.05, 3.63) is 57.7 Å². The summed E-state index contributed by atoms with van der Waals surface area (Å²) in [4.78, 5) is 28.7. The van der Waals surface area contributed by atoms with Crippen molar-refractivity contribution in [1.29, 1.82) is 0 Å². The fourth-order valence-electron chi connectivity index (χ4n) is 2.91. The van der Waals surface area contributed by atoms with Crippen LogP contribution in [0.1, 0.15) is 10.4 Å². The standard InChI is InChI=1S/C18H17Cl2N5O2/c1-22-18(27)11-6-4-3-5-10(11)14-8-7-12(19)17(23-14)25-15(16(21)26)13(20)9-24(25)2/h3-8H,9H2,1-2H3,(H2,21,26)(H,22,27). The molecule has 1 aliphatic rings. The fourth-order valence-corrected chi connectivity index (χ4v) is 3.44. The summed E-state index contributed by atoms with van der Waals surface area (Å²) >= 11 is 12.5. The maximum absolute atomic E-state index is 12.2. The molecule has 1 aliphatic heterocycles. The third kappa shape index (κ3) is 3.49. The second-order valence-corrected chi connectivity index (χ2v) is 6.74. The number of nitrogens with two attached hydrogens (primary N) is 1. The smallest absolute Gasteiger partial charge is 0.268 e. The number of hydrogen-bond acceptors (Lipinski definition) is 5. The zero-order chi connectivity index (χ0) is 19.7. The van der Waals surface area contributed by atoms with Crippen molar-refractivity contribution in [1.82, 2.24) is 15.3 Å². The van der Waals surface area contributed by atoms with Crippen LogP contribution in [-0.2, 0) is 4.79 Å². The molecule has 0 aliphatic carbocycles. The van der Waals surface area contributed by atoms with Crippen LogP contribution in [0, 0.1) is 0 Å². The average Bonchev–Trinajstić information content (AvgIpc) is 2.95. The van der Waals surface area contributed by atoms with Gasteiger partial charge in [0.2, 0.25) is 0 Å². The molecule has 2 amide bonds. The average molecular weight is 406 g/mol. The van der Waals surface area contributed by atoms with Gasteiger partial charge >= 0.3 is 0 Å². The van der Waals surface area contributed by atoms with Gasteiger partial charge in [0, 0.05) is 25.2 Å². The monoisotopic (exact) mass is 405 g/mol. The van der Waals surface area contributed by atoms with E-state index in [-0.39, 0.29) is 11.6 Å². The molecule has 0 atom stereocenters. The van der Waals surface area contributed by atoms with Crippen LogP contribution in [0.15, 0.2) is 47.1 Å². The topological polar surface area (TPSA) is 91.6 Å². The highest BCUT2D eigenvalue weighted by Crippen LogP contribution is 2.36. The summed E-state index contributed by atoms with van der Waals surface area (Å²) in [7, 11) is 3.30. The molecule has 0 bridgehead atoms. The van der Waals surface area contributed by atoms with Gasteiger partial charge in [-0.25, -0.2) is 15.0 Å². The predicted octanol–water partition coefficient (Wildman–Crippen LogP) is 2.36. The van der Waals surface area contributed by atoms with E-state index in [0.29, 0.717) is 39.2 Å². The number of anilines is 1. The minimum Gasteiger partial charge on any atom is -0.364 e. The van der Waals surface area contributed by atoms with Crippen LogP contribution < -0.4 is 16.1 Å². The number of carbonyl (C=O) groups is 2. The number of hydrazine groups is 1. The van der Waals surface area contributed by atoms with Crippen molar-refractivity contribution < 1.29 is 9.59 Å². The first-order chi connectivity index (χ1) is 12.8. The third-order valence-corrected chi connectivity index (χ3v) is 4.71. The van der Waals surface area contributed by atoms with E-state index in [1.165, 1.54) is 5.01 Å². The van der Waals surface area contributed by atoms with E-state index < -0.39 is 5.91 Å². The Morgan fingerprint density at radius 1 is 1.19 bits per heavy atom. The Kier molecular flexibility index (Phi) is 5.36. The molecule has 0 saturated carbocycles. The third-order valence-electron chi connectivity index (χ3n) is 4.11. The Morgan fingerprint density at radius 2 is 1.89 bits per heavy atom. The Hall–Kier alpha value is -2.61. The van der Waals surface area contributed by atoms with Gasteiger partial charge in [0.15, 0.2) is 5.82 Å². The highest BCUT2D eigenvalue weighted by molar-refractivity contribution is 6.34. The molecular weight excluding hydrogens is 389 g/mol. The molecule has 0 radical (unpaired) electrons. The molecule has 0 unspecified atom stereocenters. The van der Waals surface area contributed by atoms with Gasteiger partial charge in [-0.2, -0.15) is 0 Å². The molecule has 2 aromatic rings. The highest BCUT2D eigenvalue weighted by atomic mass is 35.5. The summed E-state index contributed by atoms with van der Waals surface area (Å²) in [5, 5.41) is 6.40. The fraction of sp³-hybridized carbons (Fsp3) is 0.167. The molecule has 3 rings (SSSR count). The molecule has 27 heavy (non-hydrogen) atoms. The normalized spacial score (nSPS) is 14.6. The molecule has 0 saturated heterocycles. The lowest BCUT2D eigenvalue weighted by Crippen LogP contribution is -2.39. The number of primary amides is 1. The van der Waals surface area contributed by atoms with Crippen molar-refractivity contribution in [2.45, 2.75) is 0 Å². The van der Waals surface area contributed by atoms with E-state index in [9.17, 15) is 9.59 Å². The minimum atomic E-state index is -0.682. The number of nitrogens with zero attached hydrogens (tertiary/aromatic N) is 3. The molecule has 1 aromatic carbocycles. The van der Waals surface area contributed by atoms with Crippen LogP contribution in [0.2, 0.25) is 5.02 Å². The van der Waals surface area contributed by atoms with Crippen LogP contribution in [-0.4, -0.2) is 42.4 Å². The van der Waals surface area contributed by atoms with Crippen LogP contribution >= 0.6 is 23.2 Å². The summed E-state index contributed by atoms with van der Waals surface area (Å²) in [6, 6.07) is 10.4. The maximum atomic E-state index is 12.2. The number of hydrogen-bond donors (Lipinski definition) is 2. The molecule has 1 aromatic heterocycles. The molecule has 0 fully saturated rings. The van der Waals surface area contributed by atoms with Crippen molar-refractivity contribution in [3.8, 4) is 11.3 Å². The number of aromatic nitrogens is 1. The Balaban J connectivity index is 2.15. The molecular formula is C18H17Cl2N5O2. The lowest BCUT2D eigenvalue weighted by atomic mass is 10.0. The van der Waals surface area contributed by atoms with E-state index in [0.717, 1.165) is 0 Å². The number of benzene rings is 1. The zero-order valence-electron chi connectivity index (χ0n) is 14.7. The Morgan fingerprint density at radius 3 is 2.56 bits per heavy atom. The van der Waals surface area contributed by atoms with E-state index in [4.69, 9.17) is 28.9 Å². The van der Waals surface area contributed by atoms with E-state index in [2.05, 4.69) is 10.3 Å². The second-order valence-electron chi connectivity index (χ2n) is 5.87. The zero-order valence-corrected chi connectivity index (χ0v) is 16.2. The molecule has 9 heteroatoms. The van der Waals surface area contributed by atoms with Crippen molar-refractivity contribution >= 4 is 40.8 Å². The van der Waals surface area contributed by atoms with E-state index in [1.54, 1.807) is 49.4 Å². The van der Waals surface area contributed by atoms with Gasteiger partial charge in [-0.05, 0) is 18.2 Å². The van der Waals surface area contributed by atoms with Gasteiger partial charge < -0.3 is 11.1 Å². The molecule has 7 nitrogen and oxygen atoms in total. The summed E-state index contributed by atoms with van der Waals surface area (Å²) in [5.74, 6) is -0.617. The predicted molar refractivity (Wildman–Crippen MR) is 105 cm³/mol. The molecule has 140 valence electrons. The van der Waals surface area contributed by atoms with Gasteiger partial charge in [-0.1, -0.05) is 41.4 Å². The first-order valence-electron chi connectivity index (χ1n) is 8.02. The van der Waals surface area contributed by atoms with Crippen LogP contribution in [0.25, 0.3) is 11.3 Å². The number of amides is 2. The summed E-state index contributed by atoms with van der Waals surface area (Å²) in [5.41, 5.74) is 7.23. The molecule has 2 heterocycles. The van der Waals surface area contributed by atoms with Crippen molar-refractivity contribution in [2.75, 3.05) is 25.6 Å². The Labute approximate surface area is 166 Å². The van der Waals surface area contributed by atoms with Crippen molar-refractivity contribution in [3.63, 3.8) is 0 Å². The van der Waals surface area contributed by atoms with Crippen LogP contribution in [0.5, 0.6) is 0 Å². The van der Waals surface area contributed by atoms with Gasteiger partial charge in [0.1, 0.15) is 5.70 Å². The van der Waals surface area contributed by atoms with Gasteiger partial charge in [-0.3, -0.25) is 9.59 Å². The van der Waals surface area contributed by atoms with Gasteiger partial charge in [-0.15, -0.1) is 0 Å². The number of rotatable bonds is 4. The van der Waals surface area contributed by atoms with Gasteiger partial charge in [0.25, 0.3) is 11.8 Å². The highest BCUT2D eigenvalue weighted by Gasteiger charge is 2.33. The number of halogens is 2. The van der Waals surface area contributed by atoms with Crippen molar-refractivity contribution in [2.24, 2.45) is 5.73 Å². The van der Waals surface area contributed by atoms with Crippen LogP contribution in [0.4, 0.5) is 5.82 Å². The second kappa shape index (κ2) is 7.56. The number of nitrogens with one attached hydrogen (secondary N) is 1. The summed E-state index contributed by atoms with van der Waals surface area (Å²) in [6.45, 7) is 0.302. The minimum absolute atomic E-state index is 0.116. The Bertz CT molecular complexity index is 961. The van der Waals surface area contributed by atoms with Crippen LogP contribution in [0.3, 0.4) is 0 Å². The number of carbonyl (C=O) groups excluding carboxylic acids is 2.